The monoisotopic (exact) mass is 283 g/mol. The lowest BCUT2D eigenvalue weighted by Crippen LogP contribution is -2.54. The summed E-state index contributed by atoms with van der Waals surface area (Å²) in [4.78, 5) is 13.9. The molecule has 1 aromatic carbocycles. The Morgan fingerprint density at radius 1 is 1.61 bits per heavy atom. The van der Waals surface area contributed by atoms with Gasteiger partial charge in [-0.15, -0.1) is 0 Å². The van der Waals surface area contributed by atoms with Crippen molar-refractivity contribution in [2.45, 2.75) is 13.0 Å². The van der Waals surface area contributed by atoms with Crippen LogP contribution in [0, 0.1) is 0 Å². The summed E-state index contributed by atoms with van der Waals surface area (Å²) in [5.74, 6) is -0.00452. The molecule has 1 aliphatic rings. The zero-order valence-electron chi connectivity index (χ0n) is 9.94. The molecule has 96 valence electrons. The van der Waals surface area contributed by atoms with Crippen molar-refractivity contribution < 1.29 is 4.79 Å². The second-order valence-corrected chi connectivity index (χ2v) is 5.01. The van der Waals surface area contributed by atoms with Crippen molar-refractivity contribution in [1.29, 1.82) is 0 Å². The number of hydrogen-bond acceptors (Lipinski definition) is 3. The van der Waals surface area contributed by atoms with Gasteiger partial charge in [0.2, 0.25) is 5.91 Å². The molecule has 0 aromatic heterocycles. The first-order valence-electron chi connectivity index (χ1n) is 5.65. The summed E-state index contributed by atoms with van der Waals surface area (Å²) in [5, 5.41) is 3.33. The van der Waals surface area contributed by atoms with Crippen molar-refractivity contribution in [3.63, 3.8) is 0 Å². The highest BCUT2D eigenvalue weighted by Gasteiger charge is 2.28. The van der Waals surface area contributed by atoms with E-state index in [0.29, 0.717) is 23.7 Å². The van der Waals surface area contributed by atoms with Crippen LogP contribution < -0.4 is 16.0 Å². The predicted octanol–water partition coefficient (Wildman–Crippen LogP) is 1.30. The molecule has 18 heavy (non-hydrogen) atoms. The fraction of sp³-hybridized carbons (Fsp3) is 0.333. The summed E-state index contributed by atoms with van der Waals surface area (Å²) in [6.45, 7) is 3.16. The number of rotatable bonds is 2. The highest BCUT2D eigenvalue weighted by molar-refractivity contribution is 7.80. The standard InChI is InChI=1S/C12H14ClN3OS/c1-7-12(17)15-5-6-16(7)9-4-2-3-8(13)10(9)11(14)18/h2-4,7H,5-6H2,1H3,(H2,14,18)(H,15,17). The van der Waals surface area contributed by atoms with Crippen LogP contribution in [0.2, 0.25) is 5.02 Å². The Morgan fingerprint density at radius 3 is 3.00 bits per heavy atom. The Hall–Kier alpha value is -1.33. The average molecular weight is 284 g/mol. The number of amides is 1. The molecule has 1 saturated heterocycles. The molecule has 0 radical (unpaired) electrons. The summed E-state index contributed by atoms with van der Waals surface area (Å²) < 4.78 is 0. The van der Waals surface area contributed by atoms with Gasteiger partial charge in [-0.05, 0) is 19.1 Å². The summed E-state index contributed by atoms with van der Waals surface area (Å²) in [6, 6.07) is 5.20. The van der Waals surface area contributed by atoms with Crippen LogP contribution in [-0.4, -0.2) is 30.0 Å². The first-order valence-corrected chi connectivity index (χ1v) is 6.43. The first kappa shape index (κ1) is 13.1. The largest absolute Gasteiger partial charge is 0.389 e. The fourth-order valence-corrected chi connectivity index (χ4v) is 2.65. The molecule has 0 bridgehead atoms. The Labute approximate surface area is 116 Å². The van der Waals surface area contributed by atoms with Gasteiger partial charge in [0.15, 0.2) is 0 Å². The zero-order valence-corrected chi connectivity index (χ0v) is 11.5. The molecule has 1 amide bonds. The molecule has 0 aliphatic carbocycles. The Morgan fingerprint density at radius 2 is 2.33 bits per heavy atom. The third kappa shape index (κ3) is 2.28. The molecule has 1 aliphatic heterocycles. The van der Waals surface area contributed by atoms with E-state index in [0.717, 1.165) is 5.69 Å². The predicted molar refractivity (Wildman–Crippen MR) is 77.2 cm³/mol. The molecular weight excluding hydrogens is 270 g/mol. The number of piperazine rings is 1. The minimum Gasteiger partial charge on any atom is -0.389 e. The van der Waals surface area contributed by atoms with E-state index in [4.69, 9.17) is 29.6 Å². The van der Waals surface area contributed by atoms with Gasteiger partial charge in [-0.25, -0.2) is 0 Å². The average Bonchev–Trinajstić information content (AvgIpc) is 2.32. The van der Waals surface area contributed by atoms with Crippen LogP contribution in [0.15, 0.2) is 18.2 Å². The second kappa shape index (κ2) is 5.12. The normalized spacial score (nSPS) is 19.6. The van der Waals surface area contributed by atoms with Gasteiger partial charge in [0.05, 0.1) is 10.6 Å². The molecule has 0 saturated carbocycles. The van der Waals surface area contributed by atoms with Gasteiger partial charge in [0.1, 0.15) is 11.0 Å². The third-order valence-corrected chi connectivity index (χ3v) is 3.57. The van der Waals surface area contributed by atoms with E-state index in [1.165, 1.54) is 0 Å². The second-order valence-electron chi connectivity index (χ2n) is 4.16. The molecular formula is C12H14ClN3OS. The van der Waals surface area contributed by atoms with Gasteiger partial charge in [0, 0.05) is 18.8 Å². The van der Waals surface area contributed by atoms with Crippen LogP contribution >= 0.6 is 23.8 Å². The summed E-state index contributed by atoms with van der Waals surface area (Å²) >= 11 is 11.2. The SMILES string of the molecule is CC1C(=O)NCCN1c1cccc(Cl)c1C(N)=S. The number of nitrogens with one attached hydrogen (secondary N) is 1. The summed E-state index contributed by atoms with van der Waals surface area (Å²) in [6.07, 6.45) is 0. The van der Waals surface area contributed by atoms with E-state index in [-0.39, 0.29) is 16.9 Å². The van der Waals surface area contributed by atoms with Crippen LogP contribution in [-0.2, 0) is 4.79 Å². The van der Waals surface area contributed by atoms with Gasteiger partial charge in [0.25, 0.3) is 0 Å². The molecule has 1 unspecified atom stereocenters. The van der Waals surface area contributed by atoms with E-state index in [2.05, 4.69) is 5.32 Å². The lowest BCUT2D eigenvalue weighted by atomic mass is 10.1. The molecule has 1 heterocycles. The molecule has 6 heteroatoms. The van der Waals surface area contributed by atoms with Crippen molar-refractivity contribution >= 4 is 40.4 Å². The van der Waals surface area contributed by atoms with Gasteiger partial charge < -0.3 is 16.0 Å². The number of hydrogen-bond donors (Lipinski definition) is 2. The summed E-state index contributed by atoms with van der Waals surface area (Å²) in [7, 11) is 0. The smallest absolute Gasteiger partial charge is 0.242 e. The Balaban J connectivity index is 2.47. The van der Waals surface area contributed by atoms with E-state index >= 15 is 0 Å². The fourth-order valence-electron chi connectivity index (χ4n) is 2.11. The highest BCUT2D eigenvalue weighted by atomic mass is 35.5. The van der Waals surface area contributed by atoms with Crippen LogP contribution in [0.5, 0.6) is 0 Å². The van der Waals surface area contributed by atoms with Crippen molar-refractivity contribution in [3.8, 4) is 0 Å². The quantitative estimate of drug-likeness (QED) is 0.804. The summed E-state index contributed by atoms with van der Waals surface area (Å²) in [5.41, 5.74) is 7.17. The lowest BCUT2D eigenvalue weighted by Gasteiger charge is -2.36. The third-order valence-electron chi connectivity index (χ3n) is 3.05. The van der Waals surface area contributed by atoms with E-state index in [9.17, 15) is 4.79 Å². The number of anilines is 1. The number of carbonyl (C=O) groups excluding carboxylic acids is 1. The van der Waals surface area contributed by atoms with Crippen molar-refractivity contribution in [2.75, 3.05) is 18.0 Å². The van der Waals surface area contributed by atoms with Gasteiger partial charge >= 0.3 is 0 Å². The molecule has 2 rings (SSSR count). The Kier molecular flexibility index (Phi) is 3.73. The molecule has 1 atom stereocenters. The van der Waals surface area contributed by atoms with Crippen LogP contribution in [0.1, 0.15) is 12.5 Å². The number of thiocarbonyl (C=S) groups is 1. The number of nitrogens with zero attached hydrogens (tertiary/aromatic N) is 1. The van der Waals surface area contributed by atoms with Crippen LogP contribution in [0.3, 0.4) is 0 Å². The first-order chi connectivity index (χ1) is 8.52. The number of nitrogens with two attached hydrogens (primary N) is 1. The molecule has 1 aromatic rings. The maximum atomic E-state index is 11.7. The van der Waals surface area contributed by atoms with E-state index in [1.54, 1.807) is 6.07 Å². The Bertz CT molecular complexity index is 506. The van der Waals surface area contributed by atoms with E-state index < -0.39 is 0 Å². The maximum absolute atomic E-state index is 11.7. The van der Waals surface area contributed by atoms with Crippen LogP contribution in [0.25, 0.3) is 0 Å². The minimum absolute atomic E-state index is 0.00452. The molecule has 4 nitrogen and oxygen atoms in total. The number of benzene rings is 1. The maximum Gasteiger partial charge on any atom is 0.242 e. The van der Waals surface area contributed by atoms with Crippen molar-refractivity contribution in [3.05, 3.63) is 28.8 Å². The van der Waals surface area contributed by atoms with Crippen LogP contribution in [0.4, 0.5) is 5.69 Å². The zero-order chi connectivity index (χ0) is 13.3. The minimum atomic E-state index is -0.259. The topological polar surface area (TPSA) is 58.4 Å². The van der Waals surface area contributed by atoms with Crippen molar-refractivity contribution in [2.24, 2.45) is 5.73 Å². The van der Waals surface area contributed by atoms with Crippen molar-refractivity contribution in [1.82, 2.24) is 5.32 Å². The molecule has 0 spiro atoms. The lowest BCUT2D eigenvalue weighted by molar-refractivity contribution is -0.122. The molecule has 3 N–H and O–H groups in total. The van der Waals surface area contributed by atoms with Gasteiger partial charge in [-0.3, -0.25) is 4.79 Å². The molecule has 1 fully saturated rings. The number of halogens is 1. The van der Waals surface area contributed by atoms with Gasteiger partial charge in [-0.1, -0.05) is 29.9 Å². The van der Waals surface area contributed by atoms with Gasteiger partial charge in [-0.2, -0.15) is 0 Å². The van der Waals surface area contributed by atoms with E-state index in [1.807, 2.05) is 24.0 Å². The highest BCUT2D eigenvalue weighted by Crippen LogP contribution is 2.29. The number of carbonyl (C=O) groups is 1.